The van der Waals surface area contributed by atoms with Gasteiger partial charge in [-0.15, -0.1) is 11.8 Å². The molecule has 0 fully saturated rings. The molecule has 3 N–H and O–H groups in total. The minimum Gasteiger partial charge on any atom is -0.432 e. The molecular weight excluding hydrogens is 434 g/mol. The molecule has 1 amide bonds. The maximum absolute atomic E-state index is 12.3. The van der Waals surface area contributed by atoms with Crippen LogP contribution in [0.15, 0.2) is 51.8 Å². The number of aromatic nitrogens is 1. The van der Waals surface area contributed by atoms with Crippen molar-refractivity contribution >= 4 is 33.5 Å². The van der Waals surface area contributed by atoms with Gasteiger partial charge in [0.25, 0.3) is 6.01 Å². The summed E-state index contributed by atoms with van der Waals surface area (Å²) in [5.74, 6) is -0.334. The van der Waals surface area contributed by atoms with Gasteiger partial charge in [-0.05, 0) is 53.4 Å². The molecule has 174 valence electrons. The SMILES string of the molecule is CC(C)=CCCC(C)=CCCC(C)=CCSC(C(Nc1ncco1)C(N)=O)S(C)(=O)=O. The molecule has 1 aromatic rings. The lowest BCUT2D eigenvalue weighted by Gasteiger charge is -2.22. The van der Waals surface area contributed by atoms with Crippen LogP contribution in [0, 0.1) is 0 Å². The molecule has 0 aliphatic carbocycles. The van der Waals surface area contributed by atoms with Crippen molar-refractivity contribution in [2.75, 3.05) is 17.3 Å². The molecule has 0 aliphatic heterocycles. The summed E-state index contributed by atoms with van der Waals surface area (Å²) >= 11 is 1.15. The van der Waals surface area contributed by atoms with Gasteiger partial charge in [-0.1, -0.05) is 34.9 Å². The summed E-state index contributed by atoms with van der Waals surface area (Å²) in [6.07, 6.45) is 14.3. The van der Waals surface area contributed by atoms with Gasteiger partial charge >= 0.3 is 0 Å². The predicted molar refractivity (Wildman–Crippen MR) is 130 cm³/mol. The van der Waals surface area contributed by atoms with Crippen molar-refractivity contribution in [3.05, 3.63) is 47.4 Å². The van der Waals surface area contributed by atoms with E-state index in [2.05, 4.69) is 43.2 Å². The first-order valence-electron chi connectivity index (χ1n) is 10.2. The number of hydrogen-bond acceptors (Lipinski definition) is 7. The molecule has 1 heterocycles. The van der Waals surface area contributed by atoms with Crippen molar-refractivity contribution in [3.63, 3.8) is 0 Å². The van der Waals surface area contributed by atoms with E-state index in [1.54, 1.807) is 0 Å². The third-order valence-corrected chi connectivity index (χ3v) is 8.06. The van der Waals surface area contributed by atoms with Crippen molar-refractivity contribution < 1.29 is 17.6 Å². The van der Waals surface area contributed by atoms with E-state index in [1.807, 2.05) is 13.0 Å². The Hall–Kier alpha value is -2.00. The molecule has 0 saturated carbocycles. The quantitative estimate of drug-likeness (QED) is 0.386. The zero-order valence-electron chi connectivity index (χ0n) is 19.1. The maximum atomic E-state index is 12.3. The minimum absolute atomic E-state index is 0.0523. The molecule has 1 aromatic heterocycles. The van der Waals surface area contributed by atoms with Crippen LogP contribution in [0.1, 0.15) is 53.4 Å². The van der Waals surface area contributed by atoms with Crippen LogP contribution in [0.25, 0.3) is 0 Å². The Bertz CT molecular complexity index is 884. The normalized spacial score (nSPS) is 14.7. The first-order valence-corrected chi connectivity index (χ1v) is 13.2. The molecule has 2 atom stereocenters. The highest BCUT2D eigenvalue weighted by molar-refractivity contribution is 8.13. The van der Waals surface area contributed by atoms with Gasteiger partial charge in [0.2, 0.25) is 5.91 Å². The highest BCUT2D eigenvalue weighted by atomic mass is 32.3. The van der Waals surface area contributed by atoms with Crippen LogP contribution < -0.4 is 11.1 Å². The van der Waals surface area contributed by atoms with E-state index < -0.39 is 26.4 Å². The lowest BCUT2D eigenvalue weighted by molar-refractivity contribution is -0.118. The third kappa shape index (κ3) is 11.3. The monoisotopic (exact) mass is 469 g/mol. The summed E-state index contributed by atoms with van der Waals surface area (Å²) < 4.78 is 28.6. The number of nitrogens with two attached hydrogens (primary N) is 1. The Kier molecular flexibility index (Phi) is 11.7. The van der Waals surface area contributed by atoms with E-state index in [9.17, 15) is 13.2 Å². The smallest absolute Gasteiger partial charge is 0.295 e. The van der Waals surface area contributed by atoms with Crippen LogP contribution >= 0.6 is 11.8 Å². The summed E-state index contributed by atoms with van der Waals surface area (Å²) in [5.41, 5.74) is 9.34. The molecule has 0 radical (unpaired) electrons. The number of nitrogens with zero attached hydrogens (tertiary/aromatic N) is 1. The summed E-state index contributed by atoms with van der Waals surface area (Å²) in [7, 11) is -3.57. The number of primary amides is 1. The van der Waals surface area contributed by atoms with E-state index in [1.165, 1.54) is 29.2 Å². The van der Waals surface area contributed by atoms with E-state index in [4.69, 9.17) is 10.2 Å². The van der Waals surface area contributed by atoms with Crippen LogP contribution in [0.2, 0.25) is 0 Å². The fraction of sp³-hybridized carbons (Fsp3) is 0.545. The molecule has 31 heavy (non-hydrogen) atoms. The van der Waals surface area contributed by atoms with Gasteiger partial charge in [0.1, 0.15) is 16.9 Å². The first kappa shape index (κ1) is 27.0. The number of carbonyl (C=O) groups excluding carboxylic acids is 1. The van der Waals surface area contributed by atoms with Crippen LogP contribution in [-0.4, -0.2) is 41.9 Å². The van der Waals surface area contributed by atoms with Crippen molar-refractivity contribution in [2.45, 2.75) is 64.0 Å². The van der Waals surface area contributed by atoms with Crippen molar-refractivity contribution in [1.82, 2.24) is 4.98 Å². The highest BCUT2D eigenvalue weighted by Crippen LogP contribution is 2.24. The molecule has 0 aliphatic rings. The van der Waals surface area contributed by atoms with Gasteiger partial charge in [0.15, 0.2) is 9.84 Å². The number of carbonyl (C=O) groups is 1. The van der Waals surface area contributed by atoms with Crippen LogP contribution in [0.3, 0.4) is 0 Å². The van der Waals surface area contributed by atoms with Crippen LogP contribution in [0.5, 0.6) is 0 Å². The second-order valence-electron chi connectivity index (χ2n) is 7.85. The van der Waals surface area contributed by atoms with Crippen molar-refractivity contribution in [1.29, 1.82) is 0 Å². The Morgan fingerprint density at radius 2 is 1.77 bits per heavy atom. The summed E-state index contributed by atoms with van der Waals surface area (Å²) in [4.78, 5) is 15.8. The number of rotatable bonds is 14. The standard InChI is InChI=1S/C22H35N3O4S2/c1-16(2)8-6-9-17(3)10-7-11-18(4)12-15-30-21(31(5,27)28)19(20(23)26)25-22-24-13-14-29-22/h8,10,12-14,19,21H,6-7,9,11,15H2,1-5H3,(H2,23,26)(H,24,25). The van der Waals surface area contributed by atoms with Gasteiger partial charge in [-0.2, -0.15) is 0 Å². The first-order chi connectivity index (χ1) is 14.5. The van der Waals surface area contributed by atoms with Gasteiger partial charge < -0.3 is 15.5 Å². The Morgan fingerprint density at radius 3 is 2.29 bits per heavy atom. The molecule has 0 bridgehead atoms. The van der Waals surface area contributed by atoms with Gasteiger partial charge in [0.05, 0.1) is 6.20 Å². The lowest BCUT2D eigenvalue weighted by atomic mass is 10.1. The number of nitrogens with one attached hydrogen (secondary N) is 1. The largest absolute Gasteiger partial charge is 0.432 e. The Balaban J connectivity index is 2.65. The topological polar surface area (TPSA) is 115 Å². The Morgan fingerprint density at radius 1 is 1.16 bits per heavy atom. The summed E-state index contributed by atoms with van der Waals surface area (Å²) in [5, 5.41) is 2.69. The van der Waals surface area contributed by atoms with E-state index in [-0.39, 0.29) is 6.01 Å². The molecule has 0 saturated heterocycles. The summed E-state index contributed by atoms with van der Waals surface area (Å²) in [6, 6.07) is -1.10. The molecular formula is C22H35N3O4S2. The second kappa shape index (κ2) is 13.4. The number of allylic oxidation sites excluding steroid dienone is 5. The third-order valence-electron chi connectivity index (χ3n) is 4.53. The van der Waals surface area contributed by atoms with Crippen molar-refractivity contribution in [2.24, 2.45) is 5.73 Å². The van der Waals surface area contributed by atoms with Gasteiger partial charge in [-0.3, -0.25) is 4.79 Å². The maximum Gasteiger partial charge on any atom is 0.295 e. The van der Waals surface area contributed by atoms with Gasteiger partial charge in [-0.25, -0.2) is 13.4 Å². The molecule has 0 aromatic carbocycles. The second-order valence-corrected chi connectivity index (χ2v) is 11.5. The number of amides is 1. The van der Waals surface area contributed by atoms with E-state index in [0.29, 0.717) is 5.75 Å². The molecule has 1 rings (SSSR count). The molecule has 2 unspecified atom stereocenters. The number of oxazole rings is 1. The molecule has 7 nitrogen and oxygen atoms in total. The van der Waals surface area contributed by atoms with Crippen molar-refractivity contribution in [3.8, 4) is 0 Å². The number of hydrogen-bond donors (Lipinski definition) is 2. The minimum atomic E-state index is -3.57. The lowest BCUT2D eigenvalue weighted by Crippen LogP contribution is -2.46. The molecule has 9 heteroatoms. The van der Waals surface area contributed by atoms with Crippen LogP contribution in [-0.2, 0) is 14.6 Å². The average Bonchev–Trinajstić information content (AvgIpc) is 3.15. The zero-order valence-corrected chi connectivity index (χ0v) is 20.7. The van der Waals surface area contributed by atoms with E-state index in [0.717, 1.165) is 43.7 Å². The van der Waals surface area contributed by atoms with Crippen LogP contribution in [0.4, 0.5) is 6.01 Å². The van der Waals surface area contributed by atoms with Gasteiger partial charge in [0, 0.05) is 12.0 Å². The Labute approximate surface area is 190 Å². The number of sulfone groups is 1. The predicted octanol–water partition coefficient (Wildman–Crippen LogP) is 4.46. The number of anilines is 1. The fourth-order valence-electron chi connectivity index (χ4n) is 2.79. The molecule has 0 spiro atoms. The highest BCUT2D eigenvalue weighted by Gasteiger charge is 2.35. The number of thioether (sulfide) groups is 1. The summed E-state index contributed by atoms with van der Waals surface area (Å²) in [6.45, 7) is 8.39. The fourth-order valence-corrected chi connectivity index (χ4v) is 5.68. The van der Waals surface area contributed by atoms with E-state index >= 15 is 0 Å². The zero-order chi connectivity index (χ0) is 23.4. The average molecular weight is 470 g/mol.